The van der Waals surface area contributed by atoms with Gasteiger partial charge in [0.15, 0.2) is 0 Å². The van der Waals surface area contributed by atoms with Crippen molar-refractivity contribution in [3.05, 3.63) is 107 Å². The number of hydrogen-bond donors (Lipinski definition) is 2. The van der Waals surface area contributed by atoms with Crippen molar-refractivity contribution in [3.63, 3.8) is 0 Å². The summed E-state index contributed by atoms with van der Waals surface area (Å²) < 4.78 is 1.79. The lowest BCUT2D eigenvalue weighted by atomic mass is 9.85. The highest BCUT2D eigenvalue weighted by atomic mass is 16.2. The van der Waals surface area contributed by atoms with Crippen molar-refractivity contribution in [3.8, 4) is 5.69 Å². The molecule has 3 heterocycles. The molecule has 47 heavy (non-hydrogen) atoms. The van der Waals surface area contributed by atoms with Crippen LogP contribution in [0.25, 0.3) is 5.69 Å². The molecule has 4 aromatic rings. The second-order valence-corrected chi connectivity index (χ2v) is 15.2. The normalized spacial score (nSPS) is 20.7. The largest absolute Gasteiger partial charge is 0.337 e. The average molecular weight is 630 g/mol. The number of aromatic nitrogens is 2. The van der Waals surface area contributed by atoms with Crippen LogP contribution in [-0.4, -0.2) is 38.7 Å². The van der Waals surface area contributed by atoms with Crippen molar-refractivity contribution in [1.29, 1.82) is 0 Å². The lowest BCUT2D eigenvalue weighted by Gasteiger charge is -2.39. The lowest BCUT2D eigenvalue weighted by molar-refractivity contribution is -0.137. The Hall–Kier alpha value is -4.39. The molecule has 2 atom stereocenters. The van der Waals surface area contributed by atoms with Gasteiger partial charge in [0.05, 0.1) is 11.4 Å². The van der Waals surface area contributed by atoms with E-state index >= 15 is 0 Å². The number of nitrogens with zero attached hydrogens (tertiary/aromatic N) is 3. The minimum atomic E-state index is -0.304. The van der Waals surface area contributed by atoms with Gasteiger partial charge in [0.25, 0.3) is 0 Å². The van der Waals surface area contributed by atoms with Gasteiger partial charge in [0.1, 0.15) is 5.82 Å². The number of amides is 3. The monoisotopic (exact) mass is 629 g/mol. The van der Waals surface area contributed by atoms with Crippen LogP contribution in [0, 0.1) is 18.8 Å². The van der Waals surface area contributed by atoms with Crippen LogP contribution in [0.4, 0.5) is 16.3 Å². The Morgan fingerprint density at radius 1 is 0.830 bits per heavy atom. The SMILES string of the molecule is Cc1ccc(-n2nc(C(C)(C)C)cc2NC(=O)Nc2ccc(CC3CC4CCC(C3)N4C(=O)CC3Cc4ccccc4C3)cc2)cc1. The van der Waals surface area contributed by atoms with Gasteiger partial charge >= 0.3 is 6.03 Å². The quantitative estimate of drug-likeness (QED) is 0.216. The molecular formula is C40H47N5O2. The highest BCUT2D eigenvalue weighted by Gasteiger charge is 2.43. The summed E-state index contributed by atoms with van der Waals surface area (Å²) in [6.07, 6.45) is 8.20. The van der Waals surface area contributed by atoms with Crippen molar-refractivity contribution >= 4 is 23.4 Å². The molecule has 1 aromatic heterocycles. The summed E-state index contributed by atoms with van der Waals surface area (Å²) in [5, 5.41) is 10.8. The Bertz CT molecular complexity index is 1710. The van der Waals surface area contributed by atoms with E-state index < -0.39 is 0 Å². The van der Waals surface area contributed by atoms with E-state index in [2.05, 4.69) is 79.6 Å². The molecule has 0 radical (unpaired) electrons. The number of rotatable bonds is 7. The molecule has 2 aliphatic heterocycles. The van der Waals surface area contributed by atoms with E-state index in [1.807, 2.05) is 42.5 Å². The van der Waals surface area contributed by atoms with Crippen LogP contribution in [0.1, 0.15) is 80.8 Å². The molecule has 7 rings (SSSR count). The van der Waals surface area contributed by atoms with Crippen LogP contribution in [-0.2, 0) is 29.5 Å². The van der Waals surface area contributed by atoms with Crippen LogP contribution in [0.5, 0.6) is 0 Å². The molecule has 2 fully saturated rings. The Kier molecular flexibility index (Phi) is 8.41. The number of aryl methyl sites for hydroxylation is 1. The molecule has 3 amide bonds. The zero-order valence-electron chi connectivity index (χ0n) is 28.1. The molecule has 2 unspecified atom stereocenters. The minimum absolute atomic E-state index is 0.160. The molecule has 2 saturated heterocycles. The fourth-order valence-corrected chi connectivity index (χ4v) is 8.07. The Morgan fingerprint density at radius 3 is 2.09 bits per heavy atom. The summed E-state index contributed by atoms with van der Waals surface area (Å²) in [5.74, 6) is 2.02. The van der Waals surface area contributed by atoms with Crippen molar-refractivity contribution < 1.29 is 9.59 Å². The van der Waals surface area contributed by atoms with Gasteiger partial charge in [-0.3, -0.25) is 10.1 Å². The van der Waals surface area contributed by atoms with Crippen molar-refractivity contribution in [1.82, 2.24) is 14.7 Å². The predicted octanol–water partition coefficient (Wildman–Crippen LogP) is 8.24. The number of urea groups is 1. The molecular weight excluding hydrogens is 582 g/mol. The Labute approximate surface area is 278 Å². The molecule has 0 saturated carbocycles. The van der Waals surface area contributed by atoms with E-state index in [-0.39, 0.29) is 11.4 Å². The smallest absolute Gasteiger partial charge is 0.324 e. The topological polar surface area (TPSA) is 79.3 Å². The number of carbonyl (C=O) groups is 2. The summed E-state index contributed by atoms with van der Waals surface area (Å²) in [6, 6.07) is 27.4. The molecule has 1 aliphatic carbocycles. The van der Waals surface area contributed by atoms with Crippen LogP contribution in [0.2, 0.25) is 0 Å². The molecule has 3 aromatic carbocycles. The maximum absolute atomic E-state index is 13.5. The number of carbonyl (C=O) groups excluding carboxylic acids is 2. The summed E-state index contributed by atoms with van der Waals surface area (Å²) in [4.78, 5) is 28.9. The average Bonchev–Trinajstić information content (AvgIpc) is 3.72. The Morgan fingerprint density at radius 2 is 1.47 bits per heavy atom. The van der Waals surface area contributed by atoms with Crippen molar-refractivity contribution in [2.75, 3.05) is 10.6 Å². The molecule has 7 heteroatoms. The maximum atomic E-state index is 13.5. The first-order valence-corrected chi connectivity index (χ1v) is 17.3. The molecule has 2 bridgehead atoms. The number of benzene rings is 3. The molecule has 2 N–H and O–H groups in total. The minimum Gasteiger partial charge on any atom is -0.337 e. The zero-order chi connectivity index (χ0) is 32.7. The number of hydrogen-bond acceptors (Lipinski definition) is 3. The lowest BCUT2D eigenvalue weighted by Crippen LogP contribution is -2.47. The van der Waals surface area contributed by atoms with E-state index in [1.54, 1.807) is 4.68 Å². The maximum Gasteiger partial charge on any atom is 0.324 e. The second-order valence-electron chi connectivity index (χ2n) is 15.2. The first-order chi connectivity index (χ1) is 22.6. The first kappa shape index (κ1) is 31.2. The third kappa shape index (κ3) is 6.85. The summed E-state index contributed by atoms with van der Waals surface area (Å²) in [6.45, 7) is 8.40. The second kappa shape index (κ2) is 12.7. The van der Waals surface area contributed by atoms with Crippen LogP contribution >= 0.6 is 0 Å². The van der Waals surface area contributed by atoms with Gasteiger partial charge in [-0.05, 0) is 105 Å². The molecule has 0 spiro atoms. The van der Waals surface area contributed by atoms with Crippen molar-refractivity contribution in [2.45, 2.75) is 96.6 Å². The van der Waals surface area contributed by atoms with Crippen molar-refractivity contribution in [2.24, 2.45) is 11.8 Å². The summed E-state index contributed by atoms with van der Waals surface area (Å²) in [5.41, 5.74) is 7.68. The fraction of sp³-hybridized carbons (Fsp3) is 0.425. The van der Waals surface area contributed by atoms with Gasteiger partial charge in [-0.2, -0.15) is 5.10 Å². The fourth-order valence-electron chi connectivity index (χ4n) is 8.07. The highest BCUT2D eigenvalue weighted by molar-refractivity contribution is 5.99. The van der Waals surface area contributed by atoms with Gasteiger partial charge in [-0.25, -0.2) is 9.48 Å². The summed E-state index contributed by atoms with van der Waals surface area (Å²) in [7, 11) is 0. The van der Waals surface area contributed by atoms with E-state index in [1.165, 1.54) is 22.3 Å². The number of anilines is 2. The number of nitrogens with one attached hydrogen (secondary N) is 2. The third-order valence-electron chi connectivity index (χ3n) is 10.5. The standard InChI is InChI=1S/C40H47N5O2/c1-26-9-15-33(16-10-26)45-37(25-36(43-45)40(2,3)4)42-39(47)41-32-13-11-27(12-14-32)19-28-22-34-17-18-35(23-28)44(34)38(46)24-29-20-30-7-5-6-8-31(30)21-29/h5-16,25,28-29,34-35H,17-24H2,1-4H3,(H2,41,42,47). The van der Waals surface area contributed by atoms with Gasteiger partial charge in [-0.1, -0.05) is 74.9 Å². The van der Waals surface area contributed by atoms with Gasteiger partial charge in [-0.15, -0.1) is 0 Å². The summed E-state index contributed by atoms with van der Waals surface area (Å²) >= 11 is 0. The first-order valence-electron chi connectivity index (χ1n) is 17.3. The highest BCUT2D eigenvalue weighted by Crippen LogP contribution is 2.41. The van der Waals surface area contributed by atoms with E-state index in [4.69, 9.17) is 5.10 Å². The molecule has 7 nitrogen and oxygen atoms in total. The Balaban J connectivity index is 0.933. The van der Waals surface area contributed by atoms with Crippen LogP contribution in [0.3, 0.4) is 0 Å². The predicted molar refractivity (Wildman–Crippen MR) is 188 cm³/mol. The number of piperidine rings is 1. The number of fused-ring (bicyclic) bond motifs is 3. The van der Waals surface area contributed by atoms with E-state index in [0.29, 0.717) is 42.1 Å². The van der Waals surface area contributed by atoms with E-state index in [9.17, 15) is 9.59 Å². The van der Waals surface area contributed by atoms with E-state index in [0.717, 1.165) is 62.0 Å². The molecule has 3 aliphatic rings. The van der Waals surface area contributed by atoms with Gasteiger partial charge in [0, 0.05) is 35.7 Å². The van der Waals surface area contributed by atoms with Gasteiger partial charge < -0.3 is 10.2 Å². The third-order valence-corrected chi connectivity index (χ3v) is 10.5. The van der Waals surface area contributed by atoms with Gasteiger partial charge in [0.2, 0.25) is 5.91 Å². The molecule has 244 valence electrons. The zero-order valence-corrected chi connectivity index (χ0v) is 28.1. The van der Waals surface area contributed by atoms with Crippen LogP contribution in [0.15, 0.2) is 78.9 Å². The van der Waals surface area contributed by atoms with Crippen LogP contribution < -0.4 is 10.6 Å².